The molecular weight excluding hydrogens is 398 g/mol. The highest BCUT2D eigenvalue weighted by atomic mass is 16.5. The molecule has 0 aliphatic carbocycles. The molecule has 1 fully saturated rings. The van der Waals surface area contributed by atoms with Crippen LogP contribution in [0.5, 0.6) is 0 Å². The van der Waals surface area contributed by atoms with Gasteiger partial charge in [-0.1, -0.05) is 12.1 Å². The van der Waals surface area contributed by atoms with E-state index >= 15 is 0 Å². The summed E-state index contributed by atoms with van der Waals surface area (Å²) in [6.07, 6.45) is 0.917. The molecule has 9 heteroatoms. The lowest BCUT2D eigenvalue weighted by Gasteiger charge is -2.34. The van der Waals surface area contributed by atoms with Crippen molar-refractivity contribution in [1.29, 1.82) is 0 Å². The first kappa shape index (κ1) is 20.0. The SMILES string of the molecule is CCn1nc(CN2CCN(C(=O)Cn3c(=O)oc4ccccc43)CC2)c2c1CCOC2. The van der Waals surface area contributed by atoms with Crippen LogP contribution in [-0.2, 0) is 42.2 Å². The molecule has 5 rings (SSSR count). The quantitative estimate of drug-likeness (QED) is 0.611. The average molecular weight is 425 g/mol. The van der Waals surface area contributed by atoms with Crippen molar-refractivity contribution in [1.82, 2.24) is 24.1 Å². The Labute approximate surface area is 179 Å². The zero-order valence-electron chi connectivity index (χ0n) is 17.7. The molecule has 9 nitrogen and oxygen atoms in total. The normalized spacial score (nSPS) is 17.3. The number of hydrogen-bond donors (Lipinski definition) is 0. The number of para-hydroxylation sites is 2. The summed E-state index contributed by atoms with van der Waals surface area (Å²) < 4.78 is 14.4. The van der Waals surface area contributed by atoms with Crippen LogP contribution < -0.4 is 5.76 Å². The topological polar surface area (TPSA) is 85.7 Å². The lowest BCUT2D eigenvalue weighted by molar-refractivity contribution is -0.133. The standard InChI is InChI=1S/C22H27N5O4/c1-2-27-18-7-12-30-15-16(18)17(23-27)13-24-8-10-25(11-9-24)21(28)14-26-19-5-3-4-6-20(19)31-22(26)29/h3-6H,2,7-15H2,1H3. The Morgan fingerprint density at radius 2 is 1.97 bits per heavy atom. The molecule has 4 heterocycles. The van der Waals surface area contributed by atoms with Gasteiger partial charge in [-0.25, -0.2) is 4.79 Å². The second-order valence-electron chi connectivity index (χ2n) is 8.07. The third-order valence-corrected chi connectivity index (χ3v) is 6.24. The highest BCUT2D eigenvalue weighted by molar-refractivity contribution is 5.79. The molecule has 0 atom stereocenters. The molecule has 31 heavy (non-hydrogen) atoms. The summed E-state index contributed by atoms with van der Waals surface area (Å²) in [5.74, 6) is -0.555. The van der Waals surface area contributed by atoms with Crippen molar-refractivity contribution < 1.29 is 13.9 Å². The highest BCUT2D eigenvalue weighted by Gasteiger charge is 2.26. The van der Waals surface area contributed by atoms with Crippen LogP contribution in [-0.4, -0.2) is 62.8 Å². The molecule has 1 aromatic carbocycles. The minimum absolute atomic E-state index is 0.00159. The number of benzene rings is 1. The van der Waals surface area contributed by atoms with E-state index in [1.807, 2.05) is 17.0 Å². The van der Waals surface area contributed by atoms with E-state index in [9.17, 15) is 9.59 Å². The summed E-state index contributed by atoms with van der Waals surface area (Å²) in [5, 5.41) is 4.81. The summed E-state index contributed by atoms with van der Waals surface area (Å²) >= 11 is 0. The van der Waals surface area contributed by atoms with Gasteiger partial charge >= 0.3 is 5.76 Å². The van der Waals surface area contributed by atoms with Crippen LogP contribution in [0.4, 0.5) is 0 Å². The molecule has 0 bridgehead atoms. The van der Waals surface area contributed by atoms with E-state index in [0.29, 0.717) is 30.8 Å². The van der Waals surface area contributed by atoms with E-state index in [4.69, 9.17) is 14.3 Å². The Morgan fingerprint density at radius 1 is 1.16 bits per heavy atom. The minimum Gasteiger partial charge on any atom is -0.408 e. The molecule has 1 saturated heterocycles. The van der Waals surface area contributed by atoms with E-state index in [1.54, 1.807) is 12.1 Å². The van der Waals surface area contributed by atoms with Crippen LogP contribution >= 0.6 is 0 Å². The molecule has 0 radical (unpaired) electrons. The zero-order valence-corrected chi connectivity index (χ0v) is 17.7. The smallest absolute Gasteiger partial charge is 0.408 e. The Hall–Kier alpha value is -2.91. The highest BCUT2D eigenvalue weighted by Crippen LogP contribution is 2.22. The van der Waals surface area contributed by atoms with Crippen LogP contribution in [0.1, 0.15) is 23.9 Å². The van der Waals surface area contributed by atoms with Crippen LogP contribution in [0.25, 0.3) is 11.1 Å². The Bertz CT molecular complexity index is 1150. The number of piperazine rings is 1. The van der Waals surface area contributed by atoms with Crippen LogP contribution in [0.15, 0.2) is 33.5 Å². The van der Waals surface area contributed by atoms with Gasteiger partial charge in [0.25, 0.3) is 0 Å². The molecule has 0 N–H and O–H groups in total. The average Bonchev–Trinajstić information content (AvgIpc) is 3.31. The summed E-state index contributed by atoms with van der Waals surface area (Å²) in [5.41, 5.74) is 4.78. The first-order valence-corrected chi connectivity index (χ1v) is 10.9. The third-order valence-electron chi connectivity index (χ3n) is 6.24. The molecule has 0 saturated carbocycles. The maximum absolute atomic E-state index is 12.8. The van der Waals surface area contributed by atoms with E-state index in [2.05, 4.69) is 16.5 Å². The lowest BCUT2D eigenvalue weighted by atomic mass is 10.1. The fourth-order valence-corrected chi connectivity index (χ4v) is 4.53. The van der Waals surface area contributed by atoms with Gasteiger partial charge in [-0.2, -0.15) is 5.10 Å². The third kappa shape index (κ3) is 3.79. The number of oxazole rings is 1. The Morgan fingerprint density at radius 3 is 2.77 bits per heavy atom. The fourth-order valence-electron chi connectivity index (χ4n) is 4.53. The number of amides is 1. The monoisotopic (exact) mass is 425 g/mol. The number of rotatable bonds is 5. The zero-order chi connectivity index (χ0) is 21.4. The maximum atomic E-state index is 12.8. The first-order chi connectivity index (χ1) is 15.1. The Kier molecular flexibility index (Phi) is 5.37. The molecule has 164 valence electrons. The summed E-state index contributed by atoms with van der Waals surface area (Å²) in [6, 6.07) is 7.18. The van der Waals surface area contributed by atoms with Gasteiger partial charge in [-0.3, -0.25) is 18.9 Å². The van der Waals surface area contributed by atoms with Crippen molar-refractivity contribution in [3.63, 3.8) is 0 Å². The van der Waals surface area contributed by atoms with Crippen molar-refractivity contribution in [3.05, 3.63) is 51.8 Å². The van der Waals surface area contributed by atoms with Gasteiger partial charge in [-0.05, 0) is 19.1 Å². The van der Waals surface area contributed by atoms with E-state index in [1.165, 1.54) is 15.8 Å². The van der Waals surface area contributed by atoms with Gasteiger partial charge in [0.05, 0.1) is 24.4 Å². The van der Waals surface area contributed by atoms with Crippen LogP contribution in [0.3, 0.4) is 0 Å². The van der Waals surface area contributed by atoms with Gasteiger partial charge in [0, 0.05) is 56.9 Å². The molecule has 1 amide bonds. The number of aromatic nitrogens is 3. The van der Waals surface area contributed by atoms with E-state index < -0.39 is 5.76 Å². The molecule has 0 unspecified atom stereocenters. The fraction of sp³-hybridized carbons (Fsp3) is 0.500. The number of aryl methyl sites for hydroxylation is 1. The van der Waals surface area contributed by atoms with Crippen molar-refractivity contribution in [2.24, 2.45) is 0 Å². The number of fused-ring (bicyclic) bond motifs is 2. The second kappa shape index (κ2) is 8.32. The van der Waals surface area contributed by atoms with Gasteiger partial charge in [0.15, 0.2) is 5.58 Å². The molecular formula is C22H27N5O4. The molecule has 2 aliphatic heterocycles. The number of ether oxygens (including phenoxy) is 1. The van der Waals surface area contributed by atoms with Gasteiger partial charge in [0.2, 0.25) is 5.91 Å². The maximum Gasteiger partial charge on any atom is 0.420 e. The van der Waals surface area contributed by atoms with Crippen molar-refractivity contribution >= 4 is 17.0 Å². The van der Waals surface area contributed by atoms with Crippen molar-refractivity contribution in [3.8, 4) is 0 Å². The van der Waals surface area contributed by atoms with E-state index in [0.717, 1.165) is 44.9 Å². The molecule has 2 aromatic heterocycles. The predicted octanol–water partition coefficient (Wildman–Crippen LogP) is 1.23. The van der Waals surface area contributed by atoms with Crippen LogP contribution in [0.2, 0.25) is 0 Å². The number of carbonyl (C=O) groups is 1. The van der Waals surface area contributed by atoms with Crippen molar-refractivity contribution in [2.45, 2.75) is 39.6 Å². The summed E-state index contributed by atoms with van der Waals surface area (Å²) in [4.78, 5) is 29.1. The number of hydrogen-bond acceptors (Lipinski definition) is 6. The minimum atomic E-state index is -0.494. The lowest BCUT2D eigenvalue weighted by Crippen LogP contribution is -2.49. The van der Waals surface area contributed by atoms with Crippen LogP contribution in [0, 0.1) is 0 Å². The second-order valence-corrected chi connectivity index (χ2v) is 8.07. The molecule has 0 spiro atoms. The number of carbonyl (C=O) groups excluding carboxylic acids is 1. The summed E-state index contributed by atoms with van der Waals surface area (Å²) in [7, 11) is 0. The van der Waals surface area contributed by atoms with Gasteiger partial charge < -0.3 is 14.1 Å². The molecule has 3 aromatic rings. The van der Waals surface area contributed by atoms with E-state index in [-0.39, 0.29) is 12.5 Å². The number of nitrogens with zero attached hydrogens (tertiary/aromatic N) is 5. The summed E-state index contributed by atoms with van der Waals surface area (Å²) in [6.45, 7) is 7.98. The van der Waals surface area contributed by atoms with Gasteiger partial charge in [0.1, 0.15) is 6.54 Å². The predicted molar refractivity (Wildman–Crippen MR) is 114 cm³/mol. The Balaban J connectivity index is 1.22. The molecule has 2 aliphatic rings. The van der Waals surface area contributed by atoms with Gasteiger partial charge in [-0.15, -0.1) is 0 Å². The van der Waals surface area contributed by atoms with Crippen molar-refractivity contribution in [2.75, 3.05) is 32.8 Å². The largest absolute Gasteiger partial charge is 0.420 e. The first-order valence-electron chi connectivity index (χ1n) is 10.9.